The zero-order valence-corrected chi connectivity index (χ0v) is 11.4. The molecule has 1 aliphatic heterocycles. The monoisotopic (exact) mass is 252 g/mol. The molecule has 0 aromatic heterocycles. The SMILES string of the molecule is CC[C@@H](c1ccccc1Cl)N1CCC(NC)C1. The number of hydrogen-bond donors (Lipinski definition) is 1. The van der Waals surface area contributed by atoms with Crippen molar-refractivity contribution in [3.8, 4) is 0 Å². The number of likely N-dealkylation sites (N-methyl/N-ethyl adjacent to an activating group) is 1. The van der Waals surface area contributed by atoms with Gasteiger partial charge in [0.2, 0.25) is 0 Å². The standard InChI is InChI=1S/C14H21ClN2/c1-3-14(12-6-4-5-7-13(12)15)17-9-8-11(10-17)16-2/h4-7,11,14,16H,3,8-10H2,1-2H3/t11?,14-/m0/s1. The lowest BCUT2D eigenvalue weighted by molar-refractivity contribution is 0.234. The average molecular weight is 253 g/mol. The van der Waals surface area contributed by atoms with Gasteiger partial charge in [-0.25, -0.2) is 0 Å². The number of nitrogens with one attached hydrogen (secondary N) is 1. The summed E-state index contributed by atoms with van der Waals surface area (Å²) in [6.45, 7) is 4.52. The molecule has 0 spiro atoms. The average Bonchev–Trinajstić information content (AvgIpc) is 2.81. The van der Waals surface area contributed by atoms with E-state index in [-0.39, 0.29) is 0 Å². The van der Waals surface area contributed by atoms with Crippen LogP contribution in [0.4, 0.5) is 0 Å². The molecule has 1 N–H and O–H groups in total. The predicted octanol–water partition coefficient (Wildman–Crippen LogP) is 3.08. The van der Waals surface area contributed by atoms with Crippen LogP contribution < -0.4 is 5.32 Å². The molecule has 1 aliphatic rings. The van der Waals surface area contributed by atoms with Crippen molar-refractivity contribution in [1.82, 2.24) is 10.2 Å². The van der Waals surface area contributed by atoms with Crippen LogP contribution in [0.2, 0.25) is 5.02 Å². The third kappa shape index (κ3) is 2.82. The van der Waals surface area contributed by atoms with Crippen LogP contribution in [0.3, 0.4) is 0 Å². The molecule has 2 rings (SSSR count). The van der Waals surface area contributed by atoms with Crippen LogP contribution in [0.5, 0.6) is 0 Å². The Morgan fingerprint density at radius 1 is 1.47 bits per heavy atom. The molecular weight excluding hydrogens is 232 g/mol. The Balaban J connectivity index is 2.15. The Hall–Kier alpha value is -0.570. The quantitative estimate of drug-likeness (QED) is 0.886. The minimum absolute atomic E-state index is 0.460. The van der Waals surface area contributed by atoms with E-state index in [0.29, 0.717) is 12.1 Å². The number of likely N-dealkylation sites (tertiary alicyclic amines) is 1. The third-order valence-corrected chi connectivity index (χ3v) is 4.06. The summed E-state index contributed by atoms with van der Waals surface area (Å²) in [6.07, 6.45) is 2.34. The Labute approximate surface area is 109 Å². The number of benzene rings is 1. The number of nitrogens with zero attached hydrogens (tertiary/aromatic N) is 1. The molecule has 3 heteroatoms. The Kier molecular flexibility index (Phi) is 4.43. The van der Waals surface area contributed by atoms with E-state index >= 15 is 0 Å². The van der Waals surface area contributed by atoms with Crippen LogP contribution in [0.1, 0.15) is 31.4 Å². The van der Waals surface area contributed by atoms with Crippen LogP contribution >= 0.6 is 11.6 Å². The minimum atomic E-state index is 0.460. The second-order valence-electron chi connectivity index (χ2n) is 4.71. The van der Waals surface area contributed by atoms with Gasteiger partial charge in [0.25, 0.3) is 0 Å². The first kappa shape index (κ1) is 12.9. The van der Waals surface area contributed by atoms with Gasteiger partial charge in [0.1, 0.15) is 0 Å². The zero-order valence-electron chi connectivity index (χ0n) is 10.6. The van der Waals surface area contributed by atoms with Crippen molar-refractivity contribution >= 4 is 11.6 Å². The molecule has 1 aromatic rings. The van der Waals surface area contributed by atoms with Crippen LogP contribution in [0.15, 0.2) is 24.3 Å². The van der Waals surface area contributed by atoms with E-state index in [0.717, 1.165) is 24.5 Å². The fourth-order valence-corrected chi connectivity index (χ4v) is 2.99. The minimum Gasteiger partial charge on any atom is -0.316 e. The lowest BCUT2D eigenvalue weighted by atomic mass is 10.0. The van der Waals surface area contributed by atoms with E-state index < -0.39 is 0 Å². The highest BCUT2D eigenvalue weighted by Crippen LogP contribution is 2.32. The van der Waals surface area contributed by atoms with Gasteiger partial charge in [-0.2, -0.15) is 0 Å². The second kappa shape index (κ2) is 5.85. The van der Waals surface area contributed by atoms with Gasteiger partial charge in [0.15, 0.2) is 0 Å². The van der Waals surface area contributed by atoms with Gasteiger partial charge in [-0.3, -0.25) is 4.90 Å². The van der Waals surface area contributed by atoms with Crippen molar-refractivity contribution in [3.05, 3.63) is 34.9 Å². The van der Waals surface area contributed by atoms with E-state index in [2.05, 4.69) is 29.3 Å². The Morgan fingerprint density at radius 3 is 2.82 bits per heavy atom. The van der Waals surface area contributed by atoms with Gasteiger partial charge in [-0.15, -0.1) is 0 Å². The maximum atomic E-state index is 6.30. The molecule has 2 nitrogen and oxygen atoms in total. The van der Waals surface area contributed by atoms with E-state index in [1.54, 1.807) is 0 Å². The van der Waals surface area contributed by atoms with Gasteiger partial charge in [0.05, 0.1) is 0 Å². The van der Waals surface area contributed by atoms with Gasteiger partial charge >= 0.3 is 0 Å². The number of hydrogen-bond acceptors (Lipinski definition) is 2. The van der Waals surface area contributed by atoms with Gasteiger partial charge < -0.3 is 5.32 Å². The summed E-state index contributed by atoms with van der Waals surface area (Å²) in [4.78, 5) is 2.54. The maximum Gasteiger partial charge on any atom is 0.0453 e. The topological polar surface area (TPSA) is 15.3 Å². The summed E-state index contributed by atoms with van der Waals surface area (Å²) in [5.74, 6) is 0. The van der Waals surface area contributed by atoms with Crippen molar-refractivity contribution < 1.29 is 0 Å². The van der Waals surface area contributed by atoms with E-state index in [9.17, 15) is 0 Å². The normalized spacial score (nSPS) is 22.9. The van der Waals surface area contributed by atoms with E-state index in [1.807, 2.05) is 19.2 Å². The molecule has 2 atom stereocenters. The fraction of sp³-hybridized carbons (Fsp3) is 0.571. The highest BCUT2D eigenvalue weighted by molar-refractivity contribution is 6.31. The largest absolute Gasteiger partial charge is 0.316 e. The first-order valence-corrected chi connectivity index (χ1v) is 6.79. The molecule has 17 heavy (non-hydrogen) atoms. The summed E-state index contributed by atoms with van der Waals surface area (Å²) in [5, 5.41) is 4.26. The highest BCUT2D eigenvalue weighted by Gasteiger charge is 2.28. The van der Waals surface area contributed by atoms with Crippen molar-refractivity contribution in [2.75, 3.05) is 20.1 Å². The fourth-order valence-electron chi connectivity index (χ4n) is 2.73. The van der Waals surface area contributed by atoms with Crippen molar-refractivity contribution in [3.63, 3.8) is 0 Å². The first-order valence-electron chi connectivity index (χ1n) is 6.42. The van der Waals surface area contributed by atoms with Crippen molar-refractivity contribution in [2.45, 2.75) is 31.8 Å². The molecular formula is C14H21ClN2. The van der Waals surface area contributed by atoms with Crippen LogP contribution in [0, 0.1) is 0 Å². The molecule has 0 amide bonds. The lowest BCUT2D eigenvalue weighted by Crippen LogP contribution is -2.32. The molecule has 1 heterocycles. The van der Waals surface area contributed by atoms with Crippen molar-refractivity contribution in [2.24, 2.45) is 0 Å². The maximum absolute atomic E-state index is 6.30. The van der Waals surface area contributed by atoms with Crippen LogP contribution in [-0.2, 0) is 0 Å². The Bertz CT molecular complexity index is 367. The second-order valence-corrected chi connectivity index (χ2v) is 5.12. The predicted molar refractivity (Wildman–Crippen MR) is 73.5 cm³/mol. The number of halogens is 1. The molecule has 94 valence electrons. The lowest BCUT2D eigenvalue weighted by Gasteiger charge is -2.28. The molecule has 0 radical (unpaired) electrons. The smallest absolute Gasteiger partial charge is 0.0453 e. The van der Waals surface area contributed by atoms with E-state index in [4.69, 9.17) is 11.6 Å². The molecule has 0 bridgehead atoms. The molecule has 0 saturated carbocycles. The molecule has 1 fully saturated rings. The van der Waals surface area contributed by atoms with Gasteiger partial charge in [-0.1, -0.05) is 36.7 Å². The highest BCUT2D eigenvalue weighted by atomic mass is 35.5. The summed E-state index contributed by atoms with van der Waals surface area (Å²) in [5.41, 5.74) is 1.27. The van der Waals surface area contributed by atoms with Crippen molar-refractivity contribution in [1.29, 1.82) is 0 Å². The zero-order chi connectivity index (χ0) is 12.3. The van der Waals surface area contributed by atoms with Gasteiger partial charge in [-0.05, 0) is 31.5 Å². The van der Waals surface area contributed by atoms with E-state index in [1.165, 1.54) is 12.0 Å². The van der Waals surface area contributed by atoms with Crippen LogP contribution in [-0.4, -0.2) is 31.1 Å². The number of rotatable bonds is 4. The molecule has 0 aliphatic carbocycles. The van der Waals surface area contributed by atoms with Crippen LogP contribution in [0.25, 0.3) is 0 Å². The summed E-state index contributed by atoms with van der Waals surface area (Å²) in [6, 6.07) is 9.32. The Morgan fingerprint density at radius 2 is 2.24 bits per heavy atom. The summed E-state index contributed by atoms with van der Waals surface area (Å²) >= 11 is 6.30. The van der Waals surface area contributed by atoms with Gasteiger partial charge in [0, 0.05) is 30.2 Å². The third-order valence-electron chi connectivity index (χ3n) is 3.72. The summed E-state index contributed by atoms with van der Waals surface area (Å²) in [7, 11) is 2.05. The molecule has 1 aromatic carbocycles. The summed E-state index contributed by atoms with van der Waals surface area (Å²) < 4.78 is 0. The molecule has 1 saturated heterocycles. The first-order chi connectivity index (χ1) is 8.26. The molecule has 1 unspecified atom stereocenters.